The molecule has 2 saturated heterocycles. The molecule has 0 N–H and O–H groups in total. The average molecular weight is 168 g/mol. The van der Waals surface area contributed by atoms with Crippen LogP contribution in [-0.4, -0.2) is 49.1 Å². The van der Waals surface area contributed by atoms with Crippen molar-refractivity contribution in [2.24, 2.45) is 0 Å². The fourth-order valence-electron chi connectivity index (χ4n) is 1.11. The van der Waals surface area contributed by atoms with Gasteiger partial charge in [-0.1, -0.05) is 0 Å². The summed E-state index contributed by atoms with van der Waals surface area (Å²) in [5.74, 6) is 0.769. The van der Waals surface area contributed by atoms with E-state index in [4.69, 9.17) is 0 Å². The molecule has 2 fully saturated rings. The number of esters is 1. The molecule has 0 aliphatic carbocycles. The summed E-state index contributed by atoms with van der Waals surface area (Å²) in [6.45, 7) is 4.28. The highest BCUT2D eigenvalue weighted by Crippen LogP contribution is 2.23. The van der Waals surface area contributed by atoms with Crippen LogP contribution < -0.4 is 0 Å². The minimum atomic E-state index is -0.260. The lowest BCUT2D eigenvalue weighted by Gasteiger charge is -2.09. The van der Waals surface area contributed by atoms with Crippen LogP contribution in [0.4, 0.5) is 0 Å². The van der Waals surface area contributed by atoms with Crippen LogP contribution in [0.5, 0.6) is 0 Å². The van der Waals surface area contributed by atoms with E-state index >= 15 is 0 Å². The maximum Gasteiger partial charge on any atom is 0.334 e. The summed E-state index contributed by atoms with van der Waals surface area (Å²) in [5.41, 5.74) is 0. The predicted molar refractivity (Wildman–Crippen MR) is 43.2 cm³/mol. The van der Waals surface area contributed by atoms with Crippen molar-refractivity contribution in [1.82, 2.24) is 9.80 Å². The first-order chi connectivity index (χ1) is 5.81. The largest absolute Gasteiger partial charge is 0.466 e. The Balaban J connectivity index is 2.03. The number of methoxy groups -OCH3 is 1. The Bertz CT molecular complexity index is 215. The molecule has 2 rings (SSSR count). The lowest BCUT2D eigenvalue weighted by molar-refractivity contribution is -0.135. The van der Waals surface area contributed by atoms with Crippen LogP contribution in [-0.2, 0) is 9.53 Å². The van der Waals surface area contributed by atoms with E-state index in [0.717, 1.165) is 32.0 Å². The SMILES string of the molecule is COC(=O)C=C(N1CC1)N1CC1. The molecule has 0 aromatic carbocycles. The zero-order chi connectivity index (χ0) is 8.55. The molecule has 2 aliphatic rings. The molecule has 66 valence electrons. The second-order valence-corrected chi connectivity index (χ2v) is 3.00. The summed E-state index contributed by atoms with van der Waals surface area (Å²) in [7, 11) is 1.40. The van der Waals surface area contributed by atoms with Crippen molar-refractivity contribution in [3.05, 3.63) is 11.9 Å². The maximum absolute atomic E-state index is 10.9. The molecule has 0 aromatic heterocycles. The highest BCUT2D eigenvalue weighted by Gasteiger charge is 2.31. The standard InChI is InChI=1S/C8H12N2O2/c1-12-8(11)6-7(9-2-3-9)10-4-5-10/h6H,2-5H2,1H3. The van der Waals surface area contributed by atoms with E-state index < -0.39 is 0 Å². The van der Waals surface area contributed by atoms with Crippen molar-refractivity contribution in [2.45, 2.75) is 0 Å². The van der Waals surface area contributed by atoms with E-state index in [1.807, 2.05) is 0 Å². The topological polar surface area (TPSA) is 32.3 Å². The van der Waals surface area contributed by atoms with Gasteiger partial charge < -0.3 is 14.5 Å². The van der Waals surface area contributed by atoms with Crippen LogP contribution >= 0.6 is 0 Å². The molecular formula is C8H12N2O2. The lowest BCUT2D eigenvalue weighted by Crippen LogP contribution is -2.10. The minimum absolute atomic E-state index is 0.260. The van der Waals surface area contributed by atoms with Gasteiger partial charge >= 0.3 is 5.97 Å². The van der Waals surface area contributed by atoms with Gasteiger partial charge in [0.15, 0.2) is 0 Å². The normalized spacial score (nSPS) is 18.8. The van der Waals surface area contributed by atoms with Gasteiger partial charge in [-0.2, -0.15) is 0 Å². The molecule has 0 saturated carbocycles. The highest BCUT2D eigenvalue weighted by atomic mass is 16.5. The molecule has 4 nitrogen and oxygen atoms in total. The van der Waals surface area contributed by atoms with E-state index in [1.165, 1.54) is 7.11 Å². The van der Waals surface area contributed by atoms with Crippen molar-refractivity contribution in [3.63, 3.8) is 0 Å². The first kappa shape index (κ1) is 7.46. The van der Waals surface area contributed by atoms with Gasteiger partial charge in [0.2, 0.25) is 0 Å². The summed E-state index contributed by atoms with van der Waals surface area (Å²) >= 11 is 0. The van der Waals surface area contributed by atoms with E-state index in [2.05, 4.69) is 14.5 Å². The molecule has 0 unspecified atom stereocenters. The molecule has 0 atom stereocenters. The van der Waals surface area contributed by atoms with Crippen molar-refractivity contribution in [2.75, 3.05) is 33.3 Å². The number of carbonyl (C=O) groups excluding carboxylic acids is 1. The Labute approximate surface area is 71.4 Å². The third kappa shape index (κ3) is 1.52. The van der Waals surface area contributed by atoms with Crippen LogP contribution in [0, 0.1) is 0 Å². The zero-order valence-electron chi connectivity index (χ0n) is 7.12. The molecule has 0 amide bonds. The summed E-state index contributed by atoms with van der Waals surface area (Å²) in [4.78, 5) is 15.2. The van der Waals surface area contributed by atoms with Gasteiger partial charge in [-0.05, 0) is 0 Å². The van der Waals surface area contributed by atoms with Crippen molar-refractivity contribution in [1.29, 1.82) is 0 Å². The predicted octanol–water partition coefficient (Wildman–Crippen LogP) is -0.368. The quantitative estimate of drug-likeness (QED) is 0.327. The number of rotatable bonds is 3. The molecule has 2 heterocycles. The highest BCUT2D eigenvalue weighted by molar-refractivity contribution is 5.82. The Morgan fingerprint density at radius 2 is 1.75 bits per heavy atom. The monoisotopic (exact) mass is 168 g/mol. The van der Waals surface area contributed by atoms with Crippen molar-refractivity contribution < 1.29 is 9.53 Å². The number of hydrogen-bond acceptors (Lipinski definition) is 4. The van der Waals surface area contributed by atoms with Crippen LogP contribution in [0.3, 0.4) is 0 Å². The fraction of sp³-hybridized carbons (Fsp3) is 0.625. The van der Waals surface area contributed by atoms with Gasteiger partial charge in [-0.3, -0.25) is 0 Å². The average Bonchev–Trinajstić information content (AvgIpc) is 2.87. The van der Waals surface area contributed by atoms with Crippen LogP contribution in [0.15, 0.2) is 11.9 Å². The molecule has 0 spiro atoms. The summed E-state index contributed by atoms with van der Waals surface area (Å²) in [6, 6.07) is 0. The second kappa shape index (κ2) is 2.69. The first-order valence-corrected chi connectivity index (χ1v) is 4.11. The Kier molecular flexibility index (Phi) is 1.67. The van der Waals surface area contributed by atoms with Gasteiger partial charge in [-0.25, -0.2) is 4.79 Å². The molecule has 2 aliphatic heterocycles. The van der Waals surface area contributed by atoms with E-state index in [1.54, 1.807) is 6.08 Å². The van der Waals surface area contributed by atoms with Gasteiger partial charge in [0.25, 0.3) is 0 Å². The van der Waals surface area contributed by atoms with Gasteiger partial charge in [0.1, 0.15) is 5.82 Å². The van der Waals surface area contributed by atoms with E-state index in [9.17, 15) is 4.79 Å². The molecule has 4 heteroatoms. The molecule has 0 bridgehead atoms. The third-order valence-corrected chi connectivity index (χ3v) is 1.99. The number of hydrogen-bond donors (Lipinski definition) is 0. The third-order valence-electron chi connectivity index (χ3n) is 1.99. The van der Waals surface area contributed by atoms with E-state index in [-0.39, 0.29) is 5.97 Å². The van der Waals surface area contributed by atoms with Crippen molar-refractivity contribution in [3.8, 4) is 0 Å². The second-order valence-electron chi connectivity index (χ2n) is 3.00. The Morgan fingerprint density at radius 3 is 2.08 bits per heavy atom. The minimum Gasteiger partial charge on any atom is -0.466 e. The van der Waals surface area contributed by atoms with Gasteiger partial charge in [0.05, 0.1) is 13.2 Å². The fourth-order valence-corrected chi connectivity index (χ4v) is 1.11. The summed E-state index contributed by atoms with van der Waals surface area (Å²) in [5, 5.41) is 0. The van der Waals surface area contributed by atoms with Gasteiger partial charge in [0, 0.05) is 26.2 Å². The molecule has 12 heavy (non-hydrogen) atoms. The smallest absolute Gasteiger partial charge is 0.334 e. The lowest BCUT2D eigenvalue weighted by atomic mass is 10.5. The molecule has 0 aromatic rings. The van der Waals surface area contributed by atoms with E-state index in [0.29, 0.717) is 0 Å². The van der Waals surface area contributed by atoms with Gasteiger partial charge in [-0.15, -0.1) is 0 Å². The Hall–Kier alpha value is -1.19. The van der Waals surface area contributed by atoms with Crippen molar-refractivity contribution >= 4 is 5.97 Å². The summed E-state index contributed by atoms with van der Waals surface area (Å²) in [6.07, 6.45) is 1.57. The van der Waals surface area contributed by atoms with Crippen LogP contribution in [0.25, 0.3) is 0 Å². The number of carbonyl (C=O) groups is 1. The first-order valence-electron chi connectivity index (χ1n) is 4.11. The summed E-state index contributed by atoms with van der Waals surface area (Å²) < 4.78 is 4.57. The zero-order valence-corrected chi connectivity index (χ0v) is 7.12. The van der Waals surface area contributed by atoms with Crippen LogP contribution in [0.1, 0.15) is 0 Å². The maximum atomic E-state index is 10.9. The van der Waals surface area contributed by atoms with Crippen LogP contribution in [0.2, 0.25) is 0 Å². The number of nitrogens with zero attached hydrogens (tertiary/aromatic N) is 2. The Morgan fingerprint density at radius 1 is 1.25 bits per heavy atom. The molecule has 0 radical (unpaired) electrons. The molecular weight excluding hydrogens is 156 g/mol. The number of ether oxygens (including phenoxy) is 1.